The van der Waals surface area contributed by atoms with E-state index in [2.05, 4.69) is 10.2 Å². The fraction of sp³-hybridized carbons (Fsp3) is 1.00. The normalized spacial score (nSPS) is 11.9. The molecule has 5 heteroatoms. The van der Waals surface area contributed by atoms with Crippen LogP contribution in [0.4, 0.5) is 0 Å². The third-order valence-corrected chi connectivity index (χ3v) is 1.88. The van der Waals surface area contributed by atoms with Gasteiger partial charge in [-0.1, -0.05) is 6.04 Å². The van der Waals surface area contributed by atoms with E-state index in [0.717, 1.165) is 0 Å². The van der Waals surface area contributed by atoms with Crippen LogP contribution in [0.5, 0.6) is 0 Å². The fourth-order valence-electron chi connectivity index (χ4n) is 0.285. The Kier molecular flexibility index (Phi) is 3.56. The highest BCUT2D eigenvalue weighted by Crippen LogP contribution is 2.34. The Hall–Kier alpha value is 0.367. The second-order valence-corrected chi connectivity index (χ2v) is 3.77. The van der Waals surface area contributed by atoms with Crippen molar-refractivity contribution in [2.24, 2.45) is 0 Å². The van der Waals surface area contributed by atoms with Crippen molar-refractivity contribution in [3.05, 3.63) is 0 Å². The predicted octanol–water partition coefficient (Wildman–Crippen LogP) is 0.141. The van der Waals surface area contributed by atoms with Crippen LogP contribution in [0.3, 0.4) is 0 Å². The van der Waals surface area contributed by atoms with Gasteiger partial charge in [0.2, 0.25) is 0 Å². The number of hydrogen-bond donors (Lipinski definition) is 2. The minimum absolute atomic E-state index is 0.0174. The summed E-state index contributed by atoms with van der Waals surface area (Å²) in [5.74, 6) is 0. The molecule has 0 fully saturated rings. The molecule has 47 valence electrons. The van der Waals surface area contributed by atoms with E-state index in [-0.39, 0.29) is 6.16 Å². The topological polar surface area (TPSA) is 57.5 Å². The first-order valence-electron chi connectivity index (χ1n) is 2.25. The molecule has 0 aromatic rings. The van der Waals surface area contributed by atoms with Gasteiger partial charge in [0.1, 0.15) is 0 Å². The summed E-state index contributed by atoms with van der Waals surface area (Å²) in [5, 5.41) is 0. The third kappa shape index (κ3) is 6.37. The summed E-state index contributed by atoms with van der Waals surface area (Å²) < 4.78 is 10.1. The van der Waals surface area contributed by atoms with Crippen LogP contribution in [0.1, 0.15) is 6.42 Å². The Morgan fingerprint density at radius 2 is 2.00 bits per heavy atom. The van der Waals surface area contributed by atoms with Gasteiger partial charge in [-0.05, 0) is 6.42 Å². The lowest BCUT2D eigenvalue weighted by Crippen LogP contribution is -1.85. The van der Waals surface area contributed by atoms with Gasteiger partial charge < -0.3 is 9.79 Å². The third-order valence-electron chi connectivity index (χ3n) is 0.626. The molecule has 0 aliphatic rings. The van der Waals surface area contributed by atoms with Crippen LogP contribution in [0, 0.1) is 0 Å². The molecule has 0 aromatic heterocycles. The molecule has 0 atom stereocenters. The summed E-state index contributed by atoms with van der Waals surface area (Å²) in [5.41, 5.74) is 0. The molecule has 0 unspecified atom stereocenters. The summed E-state index contributed by atoms with van der Waals surface area (Å²) in [6, 6.07) is 0.644. The first-order valence-corrected chi connectivity index (χ1v) is 4.76. The highest BCUT2D eigenvalue weighted by atomic mass is 31.2. The maximum atomic E-state index is 10.1. The molecule has 0 heterocycles. The van der Waals surface area contributed by atoms with Crippen molar-refractivity contribution in [2.75, 3.05) is 6.16 Å². The second-order valence-electron chi connectivity index (χ2n) is 1.49. The van der Waals surface area contributed by atoms with Crippen LogP contribution in [-0.2, 0) is 4.57 Å². The second kappa shape index (κ2) is 3.40. The predicted molar refractivity (Wildman–Crippen MR) is 32.1 cm³/mol. The van der Waals surface area contributed by atoms with Gasteiger partial charge in [0, 0.05) is 16.4 Å². The Bertz CT molecular complexity index is 98.7. The highest BCUT2D eigenvalue weighted by Gasteiger charge is 2.09. The average molecular weight is 151 g/mol. The number of rotatable bonds is 3. The Labute approximate surface area is 51.7 Å². The maximum Gasteiger partial charge on any atom is 0.325 e. The molecule has 3 radical (unpaired) electrons. The quantitative estimate of drug-likeness (QED) is 0.445. The summed E-state index contributed by atoms with van der Waals surface area (Å²) >= 11 is 0. The molecule has 0 saturated heterocycles. The average Bonchev–Trinajstić information content (AvgIpc) is 1.59. The van der Waals surface area contributed by atoms with E-state index < -0.39 is 7.60 Å². The maximum absolute atomic E-state index is 10.1. The van der Waals surface area contributed by atoms with E-state index in [9.17, 15) is 4.57 Å². The largest absolute Gasteiger partial charge is 0.325 e. The van der Waals surface area contributed by atoms with Crippen molar-refractivity contribution in [3.63, 3.8) is 0 Å². The number of hydrogen-bond acceptors (Lipinski definition) is 1. The summed E-state index contributed by atoms with van der Waals surface area (Å²) in [7, 11) is -0.612. The van der Waals surface area contributed by atoms with Crippen LogP contribution >= 0.6 is 7.60 Å². The van der Waals surface area contributed by atoms with Gasteiger partial charge in [0.15, 0.2) is 0 Å². The molecular formula is C3H8O3PSi. The lowest BCUT2D eigenvalue weighted by Gasteiger charge is -1.98. The molecular weight excluding hydrogens is 143 g/mol. The highest BCUT2D eigenvalue weighted by molar-refractivity contribution is 7.51. The molecule has 3 nitrogen and oxygen atoms in total. The molecule has 0 aromatic carbocycles. The van der Waals surface area contributed by atoms with E-state index in [0.29, 0.717) is 12.5 Å². The minimum atomic E-state index is -3.71. The smallest absolute Gasteiger partial charge is 0.324 e. The zero-order valence-corrected chi connectivity index (χ0v) is 6.27. The molecule has 0 aliphatic heterocycles. The molecule has 0 amide bonds. The van der Waals surface area contributed by atoms with Crippen molar-refractivity contribution < 1.29 is 14.4 Å². The van der Waals surface area contributed by atoms with E-state index in [4.69, 9.17) is 9.79 Å². The standard InChI is InChI=1S/C3H8O3PSi/c4-7(5,6)2-1-3-8/h1-3H2,(H2,4,5,6). The van der Waals surface area contributed by atoms with E-state index in [1.165, 1.54) is 0 Å². The van der Waals surface area contributed by atoms with Crippen LogP contribution in [0.15, 0.2) is 0 Å². The fourth-order valence-corrected chi connectivity index (χ4v) is 1.33. The van der Waals surface area contributed by atoms with Gasteiger partial charge in [0.05, 0.1) is 0 Å². The zero-order valence-electron chi connectivity index (χ0n) is 4.37. The summed E-state index contributed by atoms with van der Waals surface area (Å²) in [6.45, 7) is 0. The minimum Gasteiger partial charge on any atom is -0.324 e. The lowest BCUT2D eigenvalue weighted by atomic mass is 10.6. The van der Waals surface area contributed by atoms with Gasteiger partial charge >= 0.3 is 7.60 Å². The molecule has 0 bridgehead atoms. The van der Waals surface area contributed by atoms with Crippen LogP contribution in [0.25, 0.3) is 0 Å². The monoisotopic (exact) mass is 151 g/mol. The molecule has 8 heavy (non-hydrogen) atoms. The van der Waals surface area contributed by atoms with Crippen molar-refractivity contribution >= 4 is 17.8 Å². The zero-order chi connectivity index (χ0) is 6.62. The van der Waals surface area contributed by atoms with Crippen molar-refractivity contribution in [3.8, 4) is 0 Å². The van der Waals surface area contributed by atoms with Crippen molar-refractivity contribution in [2.45, 2.75) is 12.5 Å². The van der Waals surface area contributed by atoms with Crippen LogP contribution in [0.2, 0.25) is 6.04 Å². The van der Waals surface area contributed by atoms with E-state index >= 15 is 0 Å². The lowest BCUT2D eigenvalue weighted by molar-refractivity contribution is 0.372. The Morgan fingerprint density at radius 3 is 2.12 bits per heavy atom. The molecule has 0 aliphatic carbocycles. The van der Waals surface area contributed by atoms with E-state index in [1.54, 1.807) is 0 Å². The summed E-state index contributed by atoms with van der Waals surface area (Å²) in [6.07, 6.45) is 0.512. The molecule has 2 N–H and O–H groups in total. The van der Waals surface area contributed by atoms with Gasteiger partial charge in [0.25, 0.3) is 0 Å². The Balaban J connectivity index is 3.26. The molecule has 0 rings (SSSR count). The first kappa shape index (κ1) is 8.37. The van der Waals surface area contributed by atoms with E-state index in [1.807, 2.05) is 0 Å². The van der Waals surface area contributed by atoms with Gasteiger partial charge in [-0.3, -0.25) is 4.57 Å². The van der Waals surface area contributed by atoms with Gasteiger partial charge in [-0.15, -0.1) is 0 Å². The summed E-state index contributed by atoms with van der Waals surface area (Å²) in [4.78, 5) is 16.5. The molecule has 0 spiro atoms. The van der Waals surface area contributed by atoms with Crippen LogP contribution in [-0.4, -0.2) is 26.2 Å². The Morgan fingerprint density at radius 1 is 1.50 bits per heavy atom. The van der Waals surface area contributed by atoms with Crippen molar-refractivity contribution in [1.29, 1.82) is 0 Å². The van der Waals surface area contributed by atoms with Crippen molar-refractivity contribution in [1.82, 2.24) is 0 Å². The van der Waals surface area contributed by atoms with Gasteiger partial charge in [-0.25, -0.2) is 0 Å². The molecule has 0 saturated carbocycles. The van der Waals surface area contributed by atoms with Crippen LogP contribution < -0.4 is 0 Å². The van der Waals surface area contributed by atoms with Gasteiger partial charge in [-0.2, -0.15) is 0 Å². The SMILES string of the molecule is O=P(O)(O)CCC[Si]. The first-order chi connectivity index (χ1) is 3.56.